The minimum atomic E-state index is 0.417. The van der Waals surface area contributed by atoms with Gasteiger partial charge in [0.05, 0.1) is 0 Å². The van der Waals surface area contributed by atoms with Gasteiger partial charge in [0.1, 0.15) is 6.17 Å². The number of hydrogen-bond acceptors (Lipinski definition) is 3. The van der Waals surface area contributed by atoms with Crippen LogP contribution in [0, 0.1) is 0 Å². The average molecular weight is 336 g/mol. The van der Waals surface area contributed by atoms with Crippen molar-refractivity contribution in [2.75, 3.05) is 19.6 Å². The van der Waals surface area contributed by atoms with Gasteiger partial charge in [-0.2, -0.15) is 0 Å². The summed E-state index contributed by atoms with van der Waals surface area (Å²) in [4.78, 5) is 6.98. The third-order valence-electron chi connectivity index (χ3n) is 4.92. The molecule has 1 aliphatic heterocycles. The Morgan fingerprint density at radius 2 is 1.58 bits per heavy atom. The van der Waals surface area contributed by atoms with E-state index < -0.39 is 0 Å². The molecule has 0 bridgehead atoms. The van der Waals surface area contributed by atoms with Crippen molar-refractivity contribution in [1.29, 1.82) is 0 Å². The average Bonchev–Trinajstić information content (AvgIpc) is 3.03. The highest BCUT2D eigenvalue weighted by molar-refractivity contribution is 5.62. The zero-order valence-electron chi connectivity index (χ0n) is 16.1. The Kier molecular flexibility index (Phi) is 14.1. The topological polar surface area (TPSA) is 41.6 Å². The van der Waals surface area contributed by atoms with Crippen molar-refractivity contribution < 1.29 is 0 Å². The highest BCUT2D eigenvalue weighted by atomic mass is 15.3. The van der Waals surface area contributed by atoms with E-state index in [2.05, 4.69) is 35.2 Å². The van der Waals surface area contributed by atoms with Crippen LogP contribution in [-0.2, 0) is 0 Å². The quantitative estimate of drug-likeness (QED) is 0.307. The third-order valence-corrected chi connectivity index (χ3v) is 4.92. The fourth-order valence-corrected chi connectivity index (χ4v) is 3.44. The Labute approximate surface area is 150 Å². The summed E-state index contributed by atoms with van der Waals surface area (Å²) in [5.74, 6) is 0. The molecule has 0 saturated heterocycles. The zero-order chi connectivity index (χ0) is 17.3. The van der Waals surface area contributed by atoms with E-state index in [1.807, 2.05) is 0 Å². The number of aliphatic imine (C=N–C) groups is 1. The number of rotatable bonds is 16. The number of hydrogen-bond donors (Lipinski definition) is 1. The number of nitrogens with zero attached hydrogens (tertiary/aromatic N) is 2. The molecule has 1 atom stereocenters. The normalized spacial score (nSPS) is 18.2. The van der Waals surface area contributed by atoms with E-state index >= 15 is 0 Å². The van der Waals surface area contributed by atoms with Crippen LogP contribution in [0.1, 0.15) is 90.4 Å². The van der Waals surface area contributed by atoms with Crippen LogP contribution in [0.15, 0.2) is 17.1 Å². The van der Waals surface area contributed by atoms with Crippen LogP contribution in [0.25, 0.3) is 0 Å². The summed E-state index contributed by atoms with van der Waals surface area (Å²) in [7, 11) is 0. The second-order valence-electron chi connectivity index (χ2n) is 7.09. The van der Waals surface area contributed by atoms with E-state index in [0.29, 0.717) is 6.17 Å². The van der Waals surface area contributed by atoms with E-state index in [1.165, 1.54) is 83.5 Å². The molecule has 0 saturated carbocycles. The lowest BCUT2D eigenvalue weighted by Gasteiger charge is -2.21. The van der Waals surface area contributed by atoms with Gasteiger partial charge < -0.3 is 5.73 Å². The Balaban J connectivity index is 1.79. The lowest BCUT2D eigenvalue weighted by molar-refractivity contribution is 0.241. The molecule has 1 aliphatic rings. The highest BCUT2D eigenvalue weighted by Gasteiger charge is 2.19. The molecule has 0 aliphatic carbocycles. The molecule has 3 heteroatoms. The molecule has 0 aromatic carbocycles. The number of allylic oxidation sites excluding steroid dienone is 2. The van der Waals surface area contributed by atoms with Gasteiger partial charge >= 0.3 is 0 Å². The van der Waals surface area contributed by atoms with Gasteiger partial charge in [0.2, 0.25) is 0 Å². The summed E-state index contributed by atoms with van der Waals surface area (Å²) in [6, 6.07) is 0. The maximum atomic E-state index is 5.65. The molecule has 0 radical (unpaired) electrons. The Morgan fingerprint density at radius 3 is 2.21 bits per heavy atom. The first-order valence-corrected chi connectivity index (χ1v) is 10.5. The molecular weight excluding hydrogens is 294 g/mol. The van der Waals surface area contributed by atoms with Gasteiger partial charge in [0.15, 0.2) is 0 Å². The van der Waals surface area contributed by atoms with Crippen LogP contribution in [0.4, 0.5) is 0 Å². The maximum Gasteiger partial charge on any atom is 0.102 e. The largest absolute Gasteiger partial charge is 0.329 e. The number of unbranched alkanes of at least 4 members (excludes halogenated alkanes) is 10. The van der Waals surface area contributed by atoms with Crippen LogP contribution in [0.5, 0.6) is 0 Å². The van der Waals surface area contributed by atoms with Gasteiger partial charge in [-0.25, -0.2) is 0 Å². The molecule has 0 spiro atoms. The van der Waals surface area contributed by atoms with Gasteiger partial charge in [-0.1, -0.05) is 70.4 Å². The predicted molar refractivity (Wildman–Crippen MR) is 108 cm³/mol. The molecule has 140 valence electrons. The van der Waals surface area contributed by atoms with Crippen molar-refractivity contribution in [1.82, 2.24) is 4.90 Å². The summed E-state index contributed by atoms with van der Waals surface area (Å²) in [5.41, 5.74) is 5.65. The molecule has 2 N–H and O–H groups in total. The second-order valence-corrected chi connectivity index (χ2v) is 7.09. The smallest absolute Gasteiger partial charge is 0.102 e. The SMILES string of the molecule is CC/C=C/CCCCCCCCCCCCC1N=CCN1CCN. The minimum Gasteiger partial charge on any atom is -0.329 e. The molecule has 0 aromatic heterocycles. The Bertz CT molecular complexity index is 325. The fraction of sp³-hybridized carbons (Fsp3) is 0.857. The van der Waals surface area contributed by atoms with E-state index in [9.17, 15) is 0 Å². The molecule has 0 fully saturated rings. The summed E-state index contributed by atoms with van der Waals surface area (Å²) < 4.78 is 0. The standard InChI is InChI=1S/C21H41N3/c1-2-3-4-5-6-7-8-9-10-11-12-13-14-15-16-21-23-18-20-24(21)19-17-22/h3-4,18,21H,2,5-17,19-20,22H2,1H3/b4-3+. The molecule has 0 aromatic rings. The lowest BCUT2D eigenvalue weighted by Crippen LogP contribution is -2.34. The molecule has 1 heterocycles. The zero-order valence-corrected chi connectivity index (χ0v) is 16.1. The Morgan fingerprint density at radius 1 is 0.958 bits per heavy atom. The molecule has 3 nitrogen and oxygen atoms in total. The van der Waals surface area contributed by atoms with Gasteiger partial charge in [0, 0.05) is 25.8 Å². The predicted octanol–water partition coefficient (Wildman–Crippen LogP) is 5.31. The van der Waals surface area contributed by atoms with E-state index in [0.717, 1.165) is 19.6 Å². The molecule has 0 amide bonds. The van der Waals surface area contributed by atoms with Gasteiger partial charge in [-0.3, -0.25) is 9.89 Å². The van der Waals surface area contributed by atoms with Crippen LogP contribution < -0.4 is 5.73 Å². The first kappa shape index (κ1) is 21.4. The van der Waals surface area contributed by atoms with Crippen molar-refractivity contribution in [3.63, 3.8) is 0 Å². The van der Waals surface area contributed by atoms with Crippen LogP contribution >= 0.6 is 0 Å². The first-order chi connectivity index (χ1) is 11.9. The lowest BCUT2D eigenvalue weighted by atomic mass is 10.0. The van der Waals surface area contributed by atoms with Crippen LogP contribution in [0.2, 0.25) is 0 Å². The van der Waals surface area contributed by atoms with Crippen molar-refractivity contribution in [3.8, 4) is 0 Å². The Hall–Kier alpha value is -0.670. The molecule has 1 rings (SSSR count). The van der Waals surface area contributed by atoms with Crippen LogP contribution in [-0.4, -0.2) is 36.9 Å². The first-order valence-electron chi connectivity index (χ1n) is 10.5. The van der Waals surface area contributed by atoms with Crippen molar-refractivity contribution in [2.24, 2.45) is 10.7 Å². The highest BCUT2D eigenvalue weighted by Crippen LogP contribution is 2.16. The summed E-state index contributed by atoms with van der Waals surface area (Å²) in [5, 5.41) is 0. The van der Waals surface area contributed by atoms with Crippen molar-refractivity contribution in [3.05, 3.63) is 12.2 Å². The molecule has 24 heavy (non-hydrogen) atoms. The molecule has 1 unspecified atom stereocenters. The maximum absolute atomic E-state index is 5.65. The minimum absolute atomic E-state index is 0.417. The second kappa shape index (κ2) is 15.8. The third kappa shape index (κ3) is 11.0. The van der Waals surface area contributed by atoms with Gasteiger partial charge in [-0.15, -0.1) is 0 Å². The van der Waals surface area contributed by atoms with E-state index in [-0.39, 0.29) is 0 Å². The van der Waals surface area contributed by atoms with Crippen LogP contribution in [0.3, 0.4) is 0 Å². The van der Waals surface area contributed by atoms with Crippen molar-refractivity contribution >= 4 is 6.21 Å². The van der Waals surface area contributed by atoms with Crippen molar-refractivity contribution in [2.45, 2.75) is 96.6 Å². The molecular formula is C21H41N3. The van der Waals surface area contributed by atoms with E-state index in [4.69, 9.17) is 5.73 Å². The van der Waals surface area contributed by atoms with E-state index in [1.54, 1.807) is 0 Å². The summed E-state index contributed by atoms with van der Waals surface area (Å²) in [6.45, 7) is 4.93. The summed E-state index contributed by atoms with van der Waals surface area (Å²) >= 11 is 0. The van der Waals surface area contributed by atoms with Gasteiger partial charge in [-0.05, 0) is 32.1 Å². The monoisotopic (exact) mass is 335 g/mol. The van der Waals surface area contributed by atoms with Gasteiger partial charge in [0.25, 0.3) is 0 Å². The number of nitrogens with two attached hydrogens (primary N) is 1. The fourth-order valence-electron chi connectivity index (χ4n) is 3.44. The summed E-state index contributed by atoms with van der Waals surface area (Å²) in [6.07, 6.45) is 24.8.